The molecule has 0 aliphatic rings. The molecule has 0 aromatic heterocycles. The van der Waals surface area contributed by atoms with Gasteiger partial charge in [-0.3, -0.25) is 4.99 Å². The lowest BCUT2D eigenvalue weighted by molar-refractivity contribution is 0.477. The summed E-state index contributed by atoms with van der Waals surface area (Å²) in [6, 6.07) is 19.7. The van der Waals surface area contributed by atoms with Gasteiger partial charge < -0.3 is 10.4 Å². The first-order valence-electron chi connectivity index (χ1n) is 8.66. The number of para-hydroxylation sites is 1. The number of anilines is 1. The zero-order valence-corrected chi connectivity index (χ0v) is 15.5. The van der Waals surface area contributed by atoms with Crippen LogP contribution in [0.1, 0.15) is 19.4 Å². The molecule has 0 spiro atoms. The summed E-state index contributed by atoms with van der Waals surface area (Å²) < 4.78 is 0. The quantitative estimate of drug-likeness (QED) is 0.573. The smallest absolute Gasteiger partial charge is 0.141 e. The van der Waals surface area contributed by atoms with Crippen LogP contribution in [0.4, 0.5) is 11.4 Å². The Morgan fingerprint density at radius 1 is 1.04 bits per heavy atom. The summed E-state index contributed by atoms with van der Waals surface area (Å²) in [6.07, 6.45) is 1.76. The van der Waals surface area contributed by atoms with Crippen LogP contribution in [0, 0.1) is 0 Å². The molecule has 0 atom stereocenters. The molecule has 0 fully saturated rings. The van der Waals surface area contributed by atoms with E-state index in [1.165, 1.54) is 0 Å². The number of nitrogens with one attached hydrogen (secondary N) is 1. The molecule has 2 N–H and O–H groups in total. The van der Waals surface area contributed by atoms with Gasteiger partial charge in [-0.25, -0.2) is 0 Å². The van der Waals surface area contributed by atoms with Crippen molar-refractivity contribution in [2.75, 3.05) is 12.4 Å². The van der Waals surface area contributed by atoms with E-state index in [1.807, 2.05) is 49.5 Å². The van der Waals surface area contributed by atoms with E-state index in [1.54, 1.807) is 12.3 Å². The van der Waals surface area contributed by atoms with Crippen molar-refractivity contribution in [3.8, 4) is 5.75 Å². The van der Waals surface area contributed by atoms with Crippen molar-refractivity contribution < 1.29 is 5.11 Å². The van der Waals surface area contributed by atoms with Crippen LogP contribution >= 0.6 is 0 Å². The Morgan fingerprint density at radius 2 is 1.73 bits per heavy atom. The van der Waals surface area contributed by atoms with Crippen molar-refractivity contribution in [3.05, 3.63) is 78.4 Å². The first kappa shape index (κ1) is 17.7. The lowest BCUT2D eigenvalue weighted by atomic mass is 9.78. The van der Waals surface area contributed by atoms with Gasteiger partial charge in [0.25, 0.3) is 0 Å². The fraction of sp³-hybridized carbons (Fsp3) is 0.174. The lowest BCUT2D eigenvalue weighted by Crippen LogP contribution is -2.22. The minimum absolute atomic E-state index is 0.168. The SMILES string of the molecule is C=C(C=Nc1c(O)ccc2ccccc12)C(C)(C)c1ccccc1NC. The minimum Gasteiger partial charge on any atom is -0.506 e. The van der Waals surface area contributed by atoms with E-state index < -0.39 is 0 Å². The molecule has 26 heavy (non-hydrogen) atoms. The van der Waals surface area contributed by atoms with E-state index in [9.17, 15) is 5.11 Å². The molecule has 0 radical (unpaired) electrons. The van der Waals surface area contributed by atoms with Crippen LogP contribution in [0.3, 0.4) is 0 Å². The van der Waals surface area contributed by atoms with E-state index in [0.29, 0.717) is 5.69 Å². The van der Waals surface area contributed by atoms with Crippen molar-refractivity contribution in [3.63, 3.8) is 0 Å². The summed E-state index contributed by atoms with van der Waals surface area (Å²) in [5.74, 6) is 0.168. The Hall–Kier alpha value is -3.07. The van der Waals surface area contributed by atoms with Gasteiger partial charge in [0.1, 0.15) is 11.4 Å². The maximum absolute atomic E-state index is 10.3. The molecule has 0 heterocycles. The Morgan fingerprint density at radius 3 is 2.50 bits per heavy atom. The predicted molar refractivity (Wildman–Crippen MR) is 112 cm³/mol. The molecule has 0 aliphatic carbocycles. The molecule has 3 aromatic carbocycles. The highest BCUT2D eigenvalue weighted by molar-refractivity contribution is 5.98. The van der Waals surface area contributed by atoms with Crippen LogP contribution in [-0.2, 0) is 5.41 Å². The summed E-state index contributed by atoms with van der Waals surface area (Å²) in [5.41, 5.74) is 3.36. The molecule has 0 bridgehead atoms. The molecule has 3 heteroatoms. The summed E-state index contributed by atoms with van der Waals surface area (Å²) in [5, 5.41) is 15.5. The highest BCUT2D eigenvalue weighted by atomic mass is 16.3. The monoisotopic (exact) mass is 344 g/mol. The summed E-state index contributed by atoms with van der Waals surface area (Å²) in [7, 11) is 1.92. The molecule has 0 saturated heterocycles. The third kappa shape index (κ3) is 3.21. The van der Waals surface area contributed by atoms with Gasteiger partial charge in [0.05, 0.1) is 0 Å². The number of rotatable bonds is 5. The number of hydrogen-bond acceptors (Lipinski definition) is 3. The zero-order chi connectivity index (χ0) is 18.7. The van der Waals surface area contributed by atoms with Gasteiger partial charge in [-0.05, 0) is 28.7 Å². The van der Waals surface area contributed by atoms with Gasteiger partial charge >= 0.3 is 0 Å². The molecule has 132 valence electrons. The van der Waals surface area contributed by atoms with Gasteiger partial charge in [-0.1, -0.05) is 69.0 Å². The van der Waals surface area contributed by atoms with Gasteiger partial charge in [0.2, 0.25) is 0 Å². The van der Waals surface area contributed by atoms with Gasteiger partial charge in [0.15, 0.2) is 0 Å². The molecule has 3 aromatic rings. The summed E-state index contributed by atoms with van der Waals surface area (Å²) in [4.78, 5) is 4.59. The van der Waals surface area contributed by atoms with E-state index in [2.05, 4.69) is 42.9 Å². The zero-order valence-electron chi connectivity index (χ0n) is 15.5. The molecule has 3 rings (SSSR count). The normalized spacial score (nSPS) is 11.8. The molecule has 0 unspecified atom stereocenters. The van der Waals surface area contributed by atoms with Crippen LogP contribution in [-0.4, -0.2) is 18.4 Å². The number of aliphatic imine (C=N–C) groups is 1. The van der Waals surface area contributed by atoms with E-state index in [0.717, 1.165) is 27.6 Å². The van der Waals surface area contributed by atoms with Gasteiger partial charge in [-0.15, -0.1) is 0 Å². The lowest BCUT2D eigenvalue weighted by Gasteiger charge is -2.28. The number of hydrogen-bond donors (Lipinski definition) is 2. The van der Waals surface area contributed by atoms with Crippen molar-refractivity contribution in [2.24, 2.45) is 4.99 Å². The van der Waals surface area contributed by atoms with Crippen LogP contribution in [0.5, 0.6) is 5.75 Å². The first-order valence-corrected chi connectivity index (χ1v) is 8.66. The van der Waals surface area contributed by atoms with Gasteiger partial charge in [0, 0.05) is 29.8 Å². The van der Waals surface area contributed by atoms with E-state index in [-0.39, 0.29) is 11.2 Å². The Kier molecular flexibility index (Phi) is 4.81. The molecule has 3 nitrogen and oxygen atoms in total. The second-order valence-electron chi connectivity index (χ2n) is 6.86. The predicted octanol–water partition coefficient (Wildman–Crippen LogP) is 5.82. The van der Waals surface area contributed by atoms with Crippen LogP contribution in [0.25, 0.3) is 10.8 Å². The topological polar surface area (TPSA) is 44.6 Å². The summed E-state index contributed by atoms with van der Waals surface area (Å²) in [6.45, 7) is 8.50. The fourth-order valence-electron chi connectivity index (χ4n) is 3.10. The maximum Gasteiger partial charge on any atom is 0.141 e. The number of fused-ring (bicyclic) bond motifs is 1. The number of allylic oxidation sites excluding steroid dienone is 1. The van der Waals surface area contributed by atoms with Crippen molar-refractivity contribution in [1.82, 2.24) is 0 Å². The average Bonchev–Trinajstić information content (AvgIpc) is 2.66. The largest absolute Gasteiger partial charge is 0.506 e. The van der Waals surface area contributed by atoms with Crippen molar-refractivity contribution >= 4 is 28.4 Å². The minimum atomic E-state index is -0.302. The average molecular weight is 344 g/mol. The number of benzene rings is 3. The molecule has 0 saturated carbocycles. The van der Waals surface area contributed by atoms with Crippen molar-refractivity contribution in [1.29, 1.82) is 0 Å². The molecular weight excluding hydrogens is 320 g/mol. The van der Waals surface area contributed by atoms with Gasteiger partial charge in [-0.2, -0.15) is 0 Å². The molecule has 0 aliphatic heterocycles. The number of phenols is 1. The van der Waals surface area contributed by atoms with Crippen LogP contribution in [0.2, 0.25) is 0 Å². The third-order valence-electron chi connectivity index (χ3n) is 4.90. The highest BCUT2D eigenvalue weighted by Gasteiger charge is 2.25. The third-order valence-corrected chi connectivity index (χ3v) is 4.90. The second-order valence-corrected chi connectivity index (χ2v) is 6.86. The number of phenolic OH excluding ortho intramolecular Hbond substituents is 1. The second kappa shape index (κ2) is 7.04. The number of aromatic hydroxyl groups is 1. The maximum atomic E-state index is 10.3. The Balaban J connectivity index is 1.99. The fourth-order valence-corrected chi connectivity index (χ4v) is 3.10. The van der Waals surface area contributed by atoms with Crippen molar-refractivity contribution in [2.45, 2.75) is 19.3 Å². The first-order chi connectivity index (χ1) is 12.4. The summed E-state index contributed by atoms with van der Waals surface area (Å²) >= 11 is 0. The number of nitrogens with zero attached hydrogens (tertiary/aromatic N) is 1. The Bertz CT molecular complexity index is 986. The Labute approximate surface area is 154 Å². The highest BCUT2D eigenvalue weighted by Crippen LogP contribution is 2.37. The van der Waals surface area contributed by atoms with E-state index >= 15 is 0 Å². The molecule has 0 amide bonds. The van der Waals surface area contributed by atoms with Crippen LogP contribution in [0.15, 0.2) is 77.8 Å². The standard InChI is InChI=1S/C23H24N2O/c1-16(23(2,3)19-11-7-8-12-20(19)24-4)15-25-22-18-10-6-5-9-17(18)13-14-21(22)26/h5-15,24,26H,1H2,2-4H3. The van der Waals surface area contributed by atoms with Crippen LogP contribution < -0.4 is 5.32 Å². The van der Waals surface area contributed by atoms with E-state index in [4.69, 9.17) is 0 Å². The molecular formula is C23H24N2O.